The topological polar surface area (TPSA) is 89.3 Å². The van der Waals surface area contributed by atoms with Gasteiger partial charge in [-0.15, -0.1) is 0 Å². The number of hydrogen-bond acceptors (Lipinski definition) is 5. The first kappa shape index (κ1) is 19.6. The molecule has 2 unspecified atom stereocenters. The highest BCUT2D eigenvalue weighted by Crippen LogP contribution is 2.39. The lowest BCUT2D eigenvalue weighted by Gasteiger charge is -2.15. The summed E-state index contributed by atoms with van der Waals surface area (Å²) in [4.78, 5) is 12.1. The molecule has 8 heteroatoms. The van der Waals surface area contributed by atoms with Gasteiger partial charge < -0.3 is 5.32 Å². The van der Waals surface area contributed by atoms with Crippen LogP contribution in [0.5, 0.6) is 0 Å². The molecule has 0 saturated carbocycles. The second kappa shape index (κ2) is 9.12. The van der Waals surface area contributed by atoms with Crippen molar-refractivity contribution in [2.45, 2.75) is 55.2 Å². The van der Waals surface area contributed by atoms with Gasteiger partial charge >= 0.3 is 0 Å². The monoisotopic (exact) mass is 388 g/mol. The maximum absolute atomic E-state index is 12.0. The van der Waals surface area contributed by atoms with E-state index < -0.39 is 10.0 Å². The summed E-state index contributed by atoms with van der Waals surface area (Å²) in [5.74, 6) is 1.28. The number of primary sulfonamides is 1. The minimum absolute atomic E-state index is 0.0338. The zero-order valence-electron chi connectivity index (χ0n) is 13.7. The van der Waals surface area contributed by atoms with E-state index in [1.165, 1.54) is 30.7 Å². The van der Waals surface area contributed by atoms with E-state index in [0.29, 0.717) is 6.42 Å². The lowest BCUT2D eigenvalue weighted by atomic mass is 10.1. The van der Waals surface area contributed by atoms with Crippen LogP contribution >= 0.6 is 21.6 Å². The molecule has 2 atom stereocenters. The van der Waals surface area contributed by atoms with Gasteiger partial charge in [0, 0.05) is 17.4 Å². The minimum Gasteiger partial charge on any atom is -0.350 e. The SMILES string of the molecule is CC(NC(=O)CCCCC1CCSS1)c1ccc(S(N)(=O)=O)cc1. The number of carbonyl (C=O) groups is 1. The molecular formula is C16H24N2O3S3. The second-order valence-corrected chi connectivity index (χ2v) is 10.3. The fourth-order valence-electron chi connectivity index (χ4n) is 2.57. The second-order valence-electron chi connectivity index (χ2n) is 5.98. The molecule has 0 bridgehead atoms. The van der Waals surface area contributed by atoms with Crippen molar-refractivity contribution in [3.05, 3.63) is 29.8 Å². The van der Waals surface area contributed by atoms with Crippen molar-refractivity contribution in [2.75, 3.05) is 5.75 Å². The Morgan fingerprint density at radius 1 is 1.33 bits per heavy atom. The summed E-state index contributed by atoms with van der Waals surface area (Å²) in [5, 5.41) is 8.79. The normalized spacial score (nSPS) is 19.2. The largest absolute Gasteiger partial charge is 0.350 e. The molecule has 1 heterocycles. The van der Waals surface area contributed by atoms with Gasteiger partial charge in [-0.3, -0.25) is 4.79 Å². The Bertz CT molecular complexity index is 641. The summed E-state index contributed by atoms with van der Waals surface area (Å²) in [6.07, 6.45) is 5.00. The van der Waals surface area contributed by atoms with Crippen LogP contribution in [0.3, 0.4) is 0 Å². The van der Waals surface area contributed by atoms with Gasteiger partial charge in [0.15, 0.2) is 0 Å². The van der Waals surface area contributed by atoms with Gasteiger partial charge in [0.05, 0.1) is 10.9 Å². The Hall–Kier alpha value is -0.700. The van der Waals surface area contributed by atoms with E-state index in [-0.39, 0.29) is 16.8 Å². The van der Waals surface area contributed by atoms with Gasteiger partial charge in [0.2, 0.25) is 15.9 Å². The Morgan fingerprint density at radius 2 is 2.04 bits per heavy atom. The first-order chi connectivity index (χ1) is 11.4. The predicted octanol–water partition coefficient (Wildman–Crippen LogP) is 3.23. The van der Waals surface area contributed by atoms with Crippen LogP contribution in [0.4, 0.5) is 0 Å². The number of hydrogen-bond donors (Lipinski definition) is 2. The molecule has 2 rings (SSSR count). The number of sulfonamides is 1. The summed E-state index contributed by atoms with van der Waals surface area (Å²) >= 11 is 0. The molecule has 0 aliphatic carbocycles. The Kier molecular flexibility index (Phi) is 7.46. The molecule has 0 radical (unpaired) electrons. The average Bonchev–Trinajstić information content (AvgIpc) is 3.04. The lowest BCUT2D eigenvalue weighted by Crippen LogP contribution is -2.26. The van der Waals surface area contributed by atoms with E-state index in [1.54, 1.807) is 12.1 Å². The molecule has 1 amide bonds. The van der Waals surface area contributed by atoms with Gasteiger partial charge in [-0.05, 0) is 43.9 Å². The van der Waals surface area contributed by atoms with Gasteiger partial charge in [0.25, 0.3) is 0 Å². The van der Waals surface area contributed by atoms with Crippen molar-refractivity contribution < 1.29 is 13.2 Å². The van der Waals surface area contributed by atoms with Crippen LogP contribution in [-0.2, 0) is 14.8 Å². The van der Waals surface area contributed by atoms with Crippen molar-refractivity contribution in [3.63, 3.8) is 0 Å². The number of nitrogens with two attached hydrogens (primary N) is 1. The Balaban J connectivity index is 1.72. The van der Waals surface area contributed by atoms with E-state index in [0.717, 1.165) is 23.7 Å². The third-order valence-corrected chi connectivity index (χ3v) is 7.93. The number of unbranched alkanes of at least 4 members (excludes halogenated alkanes) is 1. The standard InChI is InChI=1S/C16H24N2O3S3/c1-12(13-6-8-15(9-7-13)24(17,20)21)18-16(19)5-3-2-4-14-10-11-22-23-14/h6-9,12,14H,2-5,10-11H2,1H3,(H,18,19)(H2,17,20,21). The molecule has 134 valence electrons. The quantitative estimate of drug-likeness (QED) is 0.527. The van der Waals surface area contributed by atoms with E-state index in [9.17, 15) is 13.2 Å². The minimum atomic E-state index is -3.68. The molecule has 5 nitrogen and oxygen atoms in total. The fourth-order valence-corrected chi connectivity index (χ4v) is 6.11. The average molecular weight is 389 g/mol. The van der Waals surface area contributed by atoms with Crippen LogP contribution < -0.4 is 10.5 Å². The van der Waals surface area contributed by atoms with E-state index in [2.05, 4.69) is 5.32 Å². The Labute approximate surface area is 152 Å². The smallest absolute Gasteiger partial charge is 0.238 e. The first-order valence-corrected chi connectivity index (χ1v) is 12.0. The van der Waals surface area contributed by atoms with Crippen molar-refractivity contribution >= 4 is 37.5 Å². The molecule has 1 aliphatic rings. The third-order valence-electron chi connectivity index (χ3n) is 3.99. The Morgan fingerprint density at radius 3 is 2.62 bits per heavy atom. The number of carbonyl (C=O) groups excluding carboxylic acids is 1. The molecular weight excluding hydrogens is 364 g/mol. The molecule has 1 fully saturated rings. The van der Waals surface area contributed by atoms with Crippen molar-refractivity contribution in [1.82, 2.24) is 5.32 Å². The molecule has 1 aliphatic heterocycles. The lowest BCUT2D eigenvalue weighted by molar-refractivity contribution is -0.121. The summed E-state index contributed by atoms with van der Waals surface area (Å²) in [7, 11) is 0.242. The first-order valence-electron chi connectivity index (χ1n) is 8.06. The van der Waals surface area contributed by atoms with Crippen LogP contribution in [0, 0.1) is 0 Å². The predicted molar refractivity (Wildman–Crippen MR) is 101 cm³/mol. The van der Waals surface area contributed by atoms with Crippen LogP contribution in [0.1, 0.15) is 50.6 Å². The molecule has 1 aromatic carbocycles. The van der Waals surface area contributed by atoms with E-state index >= 15 is 0 Å². The molecule has 3 N–H and O–H groups in total. The maximum Gasteiger partial charge on any atom is 0.238 e. The van der Waals surface area contributed by atoms with Gasteiger partial charge in [-0.1, -0.05) is 40.1 Å². The highest BCUT2D eigenvalue weighted by molar-refractivity contribution is 8.77. The van der Waals surface area contributed by atoms with Crippen LogP contribution in [0.25, 0.3) is 0 Å². The summed E-state index contributed by atoms with van der Waals surface area (Å²) in [6, 6.07) is 6.13. The number of amides is 1. The zero-order valence-corrected chi connectivity index (χ0v) is 16.2. The molecule has 0 spiro atoms. The molecule has 1 aromatic rings. The zero-order chi connectivity index (χ0) is 17.6. The summed E-state index contributed by atoms with van der Waals surface area (Å²) in [5.41, 5.74) is 0.857. The van der Waals surface area contributed by atoms with Gasteiger partial charge in [-0.2, -0.15) is 0 Å². The summed E-state index contributed by atoms with van der Waals surface area (Å²) in [6.45, 7) is 1.89. The molecule has 0 aromatic heterocycles. The van der Waals surface area contributed by atoms with Crippen molar-refractivity contribution in [3.8, 4) is 0 Å². The van der Waals surface area contributed by atoms with Crippen LogP contribution in [0.15, 0.2) is 29.2 Å². The fraction of sp³-hybridized carbons (Fsp3) is 0.562. The summed E-state index contributed by atoms with van der Waals surface area (Å²) < 4.78 is 22.5. The molecule has 24 heavy (non-hydrogen) atoms. The van der Waals surface area contributed by atoms with E-state index in [1.807, 2.05) is 28.5 Å². The van der Waals surface area contributed by atoms with Gasteiger partial charge in [-0.25, -0.2) is 13.6 Å². The van der Waals surface area contributed by atoms with Gasteiger partial charge in [0.1, 0.15) is 0 Å². The van der Waals surface area contributed by atoms with Crippen molar-refractivity contribution in [1.29, 1.82) is 0 Å². The van der Waals surface area contributed by atoms with Crippen molar-refractivity contribution in [2.24, 2.45) is 5.14 Å². The number of nitrogens with one attached hydrogen (secondary N) is 1. The highest BCUT2D eigenvalue weighted by Gasteiger charge is 2.16. The number of benzene rings is 1. The van der Waals surface area contributed by atoms with E-state index in [4.69, 9.17) is 5.14 Å². The maximum atomic E-state index is 12.0. The van der Waals surface area contributed by atoms with Crippen LogP contribution in [0.2, 0.25) is 0 Å². The third kappa shape index (κ3) is 6.31. The van der Waals surface area contributed by atoms with Crippen LogP contribution in [-0.4, -0.2) is 25.3 Å². The molecule has 1 saturated heterocycles. The number of rotatable bonds is 8. The highest BCUT2D eigenvalue weighted by atomic mass is 33.1.